The van der Waals surface area contributed by atoms with Gasteiger partial charge in [-0.3, -0.25) is 4.79 Å². The highest BCUT2D eigenvalue weighted by Crippen LogP contribution is 2.23. The maximum Gasteiger partial charge on any atom is 0.243 e. The number of aromatic nitrogens is 3. The lowest BCUT2D eigenvalue weighted by atomic mass is 10.00. The SMILES string of the molecule is CC(C)c1nc(N(C)C)nc(N2CCNC(=O)C2C(C)C)n1. The summed E-state index contributed by atoms with van der Waals surface area (Å²) in [6.07, 6.45) is 0. The van der Waals surface area contributed by atoms with E-state index >= 15 is 0 Å². The largest absolute Gasteiger partial charge is 0.353 e. The van der Waals surface area contributed by atoms with E-state index in [4.69, 9.17) is 0 Å². The molecule has 122 valence electrons. The van der Waals surface area contributed by atoms with Crippen LogP contribution in [0.3, 0.4) is 0 Å². The first-order valence-electron chi connectivity index (χ1n) is 7.79. The number of hydrogen-bond donors (Lipinski definition) is 1. The Morgan fingerprint density at radius 2 is 1.86 bits per heavy atom. The van der Waals surface area contributed by atoms with Crippen molar-refractivity contribution in [3.05, 3.63) is 5.82 Å². The Morgan fingerprint density at radius 3 is 2.41 bits per heavy atom. The van der Waals surface area contributed by atoms with Crippen molar-refractivity contribution in [1.82, 2.24) is 20.3 Å². The third-order valence-electron chi connectivity index (χ3n) is 3.69. The fourth-order valence-corrected chi connectivity index (χ4v) is 2.53. The Hall–Kier alpha value is -1.92. The van der Waals surface area contributed by atoms with Gasteiger partial charge in [0.2, 0.25) is 17.8 Å². The number of anilines is 2. The van der Waals surface area contributed by atoms with E-state index in [1.54, 1.807) is 0 Å². The number of piperazine rings is 1. The molecule has 7 nitrogen and oxygen atoms in total. The molecule has 1 fully saturated rings. The topological polar surface area (TPSA) is 74.2 Å². The van der Waals surface area contributed by atoms with Crippen molar-refractivity contribution in [3.8, 4) is 0 Å². The number of hydrogen-bond acceptors (Lipinski definition) is 6. The highest BCUT2D eigenvalue weighted by Gasteiger charge is 2.34. The van der Waals surface area contributed by atoms with Gasteiger partial charge in [-0.05, 0) is 5.92 Å². The molecule has 2 heterocycles. The molecule has 0 bridgehead atoms. The van der Waals surface area contributed by atoms with E-state index in [1.165, 1.54) is 0 Å². The Bertz CT molecular complexity index is 517. The minimum Gasteiger partial charge on any atom is -0.353 e. The summed E-state index contributed by atoms with van der Waals surface area (Å²) >= 11 is 0. The van der Waals surface area contributed by atoms with Crippen molar-refractivity contribution in [2.45, 2.75) is 39.7 Å². The van der Waals surface area contributed by atoms with E-state index < -0.39 is 0 Å². The summed E-state index contributed by atoms with van der Waals surface area (Å²) in [5.41, 5.74) is 0. The fourth-order valence-electron chi connectivity index (χ4n) is 2.53. The van der Waals surface area contributed by atoms with Crippen LogP contribution in [0.4, 0.5) is 11.9 Å². The van der Waals surface area contributed by atoms with Crippen molar-refractivity contribution in [1.29, 1.82) is 0 Å². The van der Waals surface area contributed by atoms with Crippen LogP contribution in [0.2, 0.25) is 0 Å². The summed E-state index contributed by atoms with van der Waals surface area (Å²) < 4.78 is 0. The van der Waals surface area contributed by atoms with Crippen LogP contribution < -0.4 is 15.1 Å². The van der Waals surface area contributed by atoms with Crippen LogP contribution in [-0.2, 0) is 4.79 Å². The van der Waals surface area contributed by atoms with E-state index in [-0.39, 0.29) is 23.8 Å². The molecular weight excluding hydrogens is 280 g/mol. The van der Waals surface area contributed by atoms with E-state index in [2.05, 4.69) is 34.1 Å². The second kappa shape index (κ2) is 6.46. The van der Waals surface area contributed by atoms with Crippen LogP contribution in [-0.4, -0.2) is 54.1 Å². The zero-order valence-corrected chi connectivity index (χ0v) is 14.3. The van der Waals surface area contributed by atoms with Crippen LogP contribution in [0.25, 0.3) is 0 Å². The normalized spacial score (nSPS) is 18.8. The van der Waals surface area contributed by atoms with Gasteiger partial charge in [0, 0.05) is 33.1 Å². The minimum absolute atomic E-state index is 0.0409. The lowest BCUT2D eigenvalue weighted by molar-refractivity contribution is -0.124. The number of nitrogens with one attached hydrogen (secondary N) is 1. The minimum atomic E-state index is -0.244. The van der Waals surface area contributed by atoms with Crippen LogP contribution in [0.1, 0.15) is 39.4 Å². The summed E-state index contributed by atoms with van der Waals surface area (Å²) in [6, 6.07) is -0.244. The van der Waals surface area contributed by atoms with Gasteiger partial charge in [0.05, 0.1) is 0 Å². The molecular formula is C15H26N6O. The maximum absolute atomic E-state index is 12.2. The zero-order chi connectivity index (χ0) is 16.4. The molecule has 1 atom stereocenters. The molecule has 1 aliphatic heterocycles. The van der Waals surface area contributed by atoms with E-state index in [9.17, 15) is 4.79 Å². The molecule has 1 aromatic heterocycles. The first-order chi connectivity index (χ1) is 10.3. The average Bonchev–Trinajstić information content (AvgIpc) is 2.45. The summed E-state index contributed by atoms with van der Waals surface area (Å²) in [7, 11) is 3.82. The molecule has 1 aromatic rings. The van der Waals surface area contributed by atoms with Gasteiger partial charge in [0.15, 0.2) is 0 Å². The molecule has 2 rings (SSSR count). The van der Waals surface area contributed by atoms with Crippen molar-refractivity contribution < 1.29 is 4.79 Å². The molecule has 0 saturated carbocycles. The smallest absolute Gasteiger partial charge is 0.243 e. The van der Waals surface area contributed by atoms with Crippen molar-refractivity contribution in [2.75, 3.05) is 37.0 Å². The molecule has 1 N–H and O–H groups in total. The Labute approximate surface area is 132 Å². The number of carbonyl (C=O) groups excluding carboxylic acids is 1. The number of carbonyl (C=O) groups is 1. The third-order valence-corrected chi connectivity index (χ3v) is 3.69. The predicted molar refractivity (Wildman–Crippen MR) is 87.2 cm³/mol. The Balaban J connectivity index is 2.47. The van der Waals surface area contributed by atoms with Crippen LogP contribution in [0.5, 0.6) is 0 Å². The van der Waals surface area contributed by atoms with Gasteiger partial charge in [-0.15, -0.1) is 0 Å². The quantitative estimate of drug-likeness (QED) is 0.895. The lowest BCUT2D eigenvalue weighted by Gasteiger charge is -2.37. The summed E-state index contributed by atoms with van der Waals surface area (Å²) in [4.78, 5) is 29.7. The Kier molecular flexibility index (Phi) is 4.83. The summed E-state index contributed by atoms with van der Waals surface area (Å²) in [6.45, 7) is 9.52. The van der Waals surface area contributed by atoms with Gasteiger partial charge < -0.3 is 15.1 Å². The number of rotatable bonds is 4. The fraction of sp³-hybridized carbons (Fsp3) is 0.733. The van der Waals surface area contributed by atoms with Crippen molar-refractivity contribution >= 4 is 17.8 Å². The standard InChI is InChI=1S/C15H26N6O/c1-9(2)11-13(22)16-7-8-21(11)15-18-12(10(3)4)17-14(19-15)20(5)6/h9-11H,7-8H2,1-6H3,(H,16,22). The van der Waals surface area contributed by atoms with Gasteiger partial charge >= 0.3 is 0 Å². The van der Waals surface area contributed by atoms with Gasteiger partial charge in [-0.1, -0.05) is 27.7 Å². The molecule has 22 heavy (non-hydrogen) atoms. The Morgan fingerprint density at radius 1 is 1.18 bits per heavy atom. The molecule has 1 aliphatic rings. The highest BCUT2D eigenvalue weighted by atomic mass is 16.2. The number of nitrogens with zero attached hydrogens (tertiary/aromatic N) is 5. The first-order valence-corrected chi connectivity index (χ1v) is 7.79. The van der Waals surface area contributed by atoms with E-state index in [0.29, 0.717) is 25.0 Å². The molecule has 0 spiro atoms. The zero-order valence-electron chi connectivity index (χ0n) is 14.3. The third kappa shape index (κ3) is 3.28. The van der Waals surface area contributed by atoms with Crippen molar-refractivity contribution in [2.24, 2.45) is 5.92 Å². The lowest BCUT2D eigenvalue weighted by Crippen LogP contribution is -2.58. The molecule has 0 radical (unpaired) electrons. The van der Waals surface area contributed by atoms with Crippen LogP contribution in [0, 0.1) is 5.92 Å². The molecule has 1 unspecified atom stereocenters. The molecule has 7 heteroatoms. The average molecular weight is 306 g/mol. The van der Waals surface area contributed by atoms with Gasteiger partial charge in [0.25, 0.3) is 0 Å². The first kappa shape index (κ1) is 16.5. The summed E-state index contributed by atoms with van der Waals surface area (Å²) in [5.74, 6) is 2.40. The second-order valence-electron chi connectivity index (χ2n) is 6.52. The van der Waals surface area contributed by atoms with Gasteiger partial charge in [0.1, 0.15) is 11.9 Å². The predicted octanol–water partition coefficient (Wildman–Crippen LogP) is 1.02. The second-order valence-corrected chi connectivity index (χ2v) is 6.52. The van der Waals surface area contributed by atoms with E-state index in [1.807, 2.05) is 37.7 Å². The van der Waals surface area contributed by atoms with Gasteiger partial charge in [-0.25, -0.2) is 0 Å². The van der Waals surface area contributed by atoms with E-state index in [0.717, 1.165) is 5.82 Å². The molecule has 0 aliphatic carbocycles. The van der Waals surface area contributed by atoms with Crippen molar-refractivity contribution in [3.63, 3.8) is 0 Å². The summed E-state index contributed by atoms with van der Waals surface area (Å²) in [5, 5.41) is 2.93. The molecule has 0 aromatic carbocycles. The van der Waals surface area contributed by atoms with Gasteiger partial charge in [-0.2, -0.15) is 15.0 Å². The molecule has 1 amide bonds. The number of amides is 1. The highest BCUT2D eigenvalue weighted by molar-refractivity contribution is 5.86. The maximum atomic E-state index is 12.2. The van der Waals surface area contributed by atoms with Crippen LogP contribution >= 0.6 is 0 Å². The monoisotopic (exact) mass is 306 g/mol. The van der Waals surface area contributed by atoms with Crippen LogP contribution in [0.15, 0.2) is 0 Å². The molecule has 1 saturated heterocycles.